The topological polar surface area (TPSA) is 30.3 Å². The molecule has 0 N–H and O–H groups in total. The summed E-state index contributed by atoms with van der Waals surface area (Å²) in [6, 6.07) is 2.49. The standard InChI is InChI=1S/C10H17N3O/c1-9(2)13-10(3-4-11-13)12-5-7-14-8-6-12/h3-4,9H,5-8H2,1-2H3. The molecule has 2 rings (SSSR count). The molecule has 1 fully saturated rings. The Kier molecular flexibility index (Phi) is 2.72. The SMILES string of the molecule is CC(C)n1nccc1N1CCOCC1. The molecule has 0 unspecified atom stereocenters. The van der Waals surface area contributed by atoms with Crippen LogP contribution in [0, 0.1) is 0 Å². The van der Waals surface area contributed by atoms with Gasteiger partial charge >= 0.3 is 0 Å². The average molecular weight is 195 g/mol. The maximum absolute atomic E-state index is 5.33. The zero-order valence-electron chi connectivity index (χ0n) is 8.81. The second kappa shape index (κ2) is 4.00. The van der Waals surface area contributed by atoms with Crippen LogP contribution < -0.4 is 4.90 Å². The molecule has 0 bridgehead atoms. The first-order valence-electron chi connectivity index (χ1n) is 5.15. The lowest BCUT2D eigenvalue weighted by molar-refractivity contribution is 0.122. The molecule has 1 aliphatic heterocycles. The summed E-state index contributed by atoms with van der Waals surface area (Å²) < 4.78 is 7.39. The number of aromatic nitrogens is 2. The Morgan fingerprint density at radius 3 is 2.71 bits per heavy atom. The van der Waals surface area contributed by atoms with E-state index in [-0.39, 0.29) is 0 Å². The van der Waals surface area contributed by atoms with Crippen LogP contribution in [0.1, 0.15) is 19.9 Å². The summed E-state index contributed by atoms with van der Waals surface area (Å²) in [5.41, 5.74) is 0. The predicted octanol–water partition coefficient (Wildman–Crippen LogP) is 1.30. The zero-order chi connectivity index (χ0) is 9.97. The fourth-order valence-electron chi connectivity index (χ4n) is 1.75. The summed E-state index contributed by atoms with van der Waals surface area (Å²) in [4.78, 5) is 2.33. The van der Waals surface area contributed by atoms with Crippen LogP contribution in [0.3, 0.4) is 0 Å². The lowest BCUT2D eigenvalue weighted by atomic mass is 10.3. The molecule has 0 atom stereocenters. The van der Waals surface area contributed by atoms with Crippen LogP contribution in [0.15, 0.2) is 12.3 Å². The third kappa shape index (κ3) is 1.75. The summed E-state index contributed by atoms with van der Waals surface area (Å²) in [7, 11) is 0. The maximum atomic E-state index is 5.33. The molecule has 0 amide bonds. The molecule has 1 aliphatic rings. The first-order chi connectivity index (χ1) is 6.79. The average Bonchev–Trinajstić information content (AvgIpc) is 2.67. The number of hydrogen-bond acceptors (Lipinski definition) is 3. The van der Waals surface area contributed by atoms with E-state index < -0.39 is 0 Å². The Morgan fingerprint density at radius 1 is 1.36 bits per heavy atom. The van der Waals surface area contributed by atoms with Crippen molar-refractivity contribution in [2.75, 3.05) is 31.2 Å². The van der Waals surface area contributed by atoms with Gasteiger partial charge in [-0.05, 0) is 13.8 Å². The van der Waals surface area contributed by atoms with E-state index in [1.54, 1.807) is 0 Å². The van der Waals surface area contributed by atoms with Gasteiger partial charge in [0.2, 0.25) is 0 Å². The van der Waals surface area contributed by atoms with Gasteiger partial charge in [0, 0.05) is 25.2 Å². The number of anilines is 1. The third-order valence-corrected chi connectivity index (χ3v) is 2.47. The molecule has 0 aliphatic carbocycles. The van der Waals surface area contributed by atoms with E-state index >= 15 is 0 Å². The van der Waals surface area contributed by atoms with Gasteiger partial charge in [-0.15, -0.1) is 0 Å². The van der Waals surface area contributed by atoms with E-state index in [1.165, 1.54) is 5.82 Å². The molecular weight excluding hydrogens is 178 g/mol. The van der Waals surface area contributed by atoms with Crippen LogP contribution in [-0.4, -0.2) is 36.1 Å². The van der Waals surface area contributed by atoms with Crippen LogP contribution in [0.2, 0.25) is 0 Å². The molecule has 1 saturated heterocycles. The van der Waals surface area contributed by atoms with Gasteiger partial charge in [-0.2, -0.15) is 5.10 Å². The molecule has 14 heavy (non-hydrogen) atoms. The van der Waals surface area contributed by atoms with Gasteiger partial charge in [0.05, 0.1) is 19.4 Å². The molecule has 4 nitrogen and oxygen atoms in total. The van der Waals surface area contributed by atoms with Crippen LogP contribution in [0.4, 0.5) is 5.82 Å². The van der Waals surface area contributed by atoms with Crippen molar-refractivity contribution in [3.63, 3.8) is 0 Å². The van der Waals surface area contributed by atoms with Crippen molar-refractivity contribution in [1.29, 1.82) is 0 Å². The highest BCUT2D eigenvalue weighted by atomic mass is 16.5. The van der Waals surface area contributed by atoms with Gasteiger partial charge in [-0.1, -0.05) is 0 Å². The number of morpholine rings is 1. The Morgan fingerprint density at radius 2 is 2.07 bits per heavy atom. The highest BCUT2D eigenvalue weighted by molar-refractivity contribution is 5.39. The van der Waals surface area contributed by atoms with Crippen molar-refractivity contribution in [3.8, 4) is 0 Å². The minimum Gasteiger partial charge on any atom is -0.378 e. The van der Waals surface area contributed by atoms with Crippen LogP contribution >= 0.6 is 0 Å². The van der Waals surface area contributed by atoms with E-state index in [4.69, 9.17) is 4.74 Å². The molecule has 78 valence electrons. The molecule has 2 heterocycles. The molecular formula is C10H17N3O. The van der Waals surface area contributed by atoms with E-state index in [0.29, 0.717) is 6.04 Å². The van der Waals surface area contributed by atoms with Crippen molar-refractivity contribution in [2.24, 2.45) is 0 Å². The lowest BCUT2D eigenvalue weighted by Gasteiger charge is -2.29. The van der Waals surface area contributed by atoms with Gasteiger partial charge in [0.1, 0.15) is 5.82 Å². The molecule has 0 spiro atoms. The molecule has 0 radical (unpaired) electrons. The van der Waals surface area contributed by atoms with Crippen molar-refractivity contribution in [1.82, 2.24) is 9.78 Å². The highest BCUT2D eigenvalue weighted by Crippen LogP contribution is 2.18. The minimum atomic E-state index is 0.419. The molecule has 0 saturated carbocycles. The Labute approximate surface area is 84.5 Å². The summed E-state index contributed by atoms with van der Waals surface area (Å²) in [6.07, 6.45) is 1.87. The Balaban J connectivity index is 2.17. The minimum absolute atomic E-state index is 0.419. The summed E-state index contributed by atoms with van der Waals surface area (Å²) in [5.74, 6) is 1.21. The van der Waals surface area contributed by atoms with Crippen LogP contribution in [0.5, 0.6) is 0 Å². The molecule has 0 aromatic carbocycles. The fourth-order valence-corrected chi connectivity index (χ4v) is 1.75. The monoisotopic (exact) mass is 195 g/mol. The van der Waals surface area contributed by atoms with E-state index in [9.17, 15) is 0 Å². The van der Waals surface area contributed by atoms with Crippen molar-refractivity contribution in [3.05, 3.63) is 12.3 Å². The largest absolute Gasteiger partial charge is 0.378 e. The summed E-state index contributed by atoms with van der Waals surface area (Å²) >= 11 is 0. The lowest BCUT2D eigenvalue weighted by Crippen LogP contribution is -2.37. The molecule has 4 heteroatoms. The fraction of sp³-hybridized carbons (Fsp3) is 0.700. The van der Waals surface area contributed by atoms with Gasteiger partial charge in [0.25, 0.3) is 0 Å². The summed E-state index contributed by atoms with van der Waals surface area (Å²) in [6.45, 7) is 7.89. The number of ether oxygens (including phenoxy) is 1. The van der Waals surface area contributed by atoms with E-state index in [2.05, 4.69) is 34.6 Å². The molecule has 1 aromatic heterocycles. The van der Waals surface area contributed by atoms with Gasteiger partial charge < -0.3 is 9.64 Å². The van der Waals surface area contributed by atoms with Crippen molar-refractivity contribution < 1.29 is 4.74 Å². The summed E-state index contributed by atoms with van der Waals surface area (Å²) in [5, 5.41) is 4.33. The van der Waals surface area contributed by atoms with Crippen LogP contribution in [0.25, 0.3) is 0 Å². The normalized spacial score (nSPS) is 17.8. The second-order valence-electron chi connectivity index (χ2n) is 3.83. The Hall–Kier alpha value is -1.03. The van der Waals surface area contributed by atoms with Gasteiger partial charge in [-0.25, -0.2) is 4.68 Å². The maximum Gasteiger partial charge on any atom is 0.127 e. The zero-order valence-corrected chi connectivity index (χ0v) is 8.81. The van der Waals surface area contributed by atoms with E-state index in [0.717, 1.165) is 26.3 Å². The van der Waals surface area contributed by atoms with Crippen LogP contribution in [-0.2, 0) is 4.74 Å². The number of rotatable bonds is 2. The first-order valence-corrected chi connectivity index (χ1v) is 5.15. The van der Waals surface area contributed by atoms with E-state index in [1.807, 2.05) is 6.20 Å². The number of hydrogen-bond donors (Lipinski definition) is 0. The Bertz CT molecular complexity index is 289. The van der Waals surface area contributed by atoms with Gasteiger partial charge in [0.15, 0.2) is 0 Å². The van der Waals surface area contributed by atoms with Crippen molar-refractivity contribution >= 4 is 5.82 Å². The predicted molar refractivity (Wildman–Crippen MR) is 55.6 cm³/mol. The highest BCUT2D eigenvalue weighted by Gasteiger charge is 2.15. The first kappa shape index (κ1) is 9.52. The van der Waals surface area contributed by atoms with Crippen molar-refractivity contribution in [2.45, 2.75) is 19.9 Å². The van der Waals surface area contributed by atoms with Gasteiger partial charge in [-0.3, -0.25) is 0 Å². The third-order valence-electron chi connectivity index (χ3n) is 2.47. The molecule has 1 aromatic rings. The quantitative estimate of drug-likeness (QED) is 0.712. The smallest absolute Gasteiger partial charge is 0.127 e. The number of nitrogens with zero attached hydrogens (tertiary/aromatic N) is 3. The second-order valence-corrected chi connectivity index (χ2v) is 3.83.